The van der Waals surface area contributed by atoms with Crippen LogP contribution in [0.1, 0.15) is 47.6 Å². The molecule has 2 aliphatic rings. The SMILES string of the molecule is Cc1cc([C@H]2[C@H](c3ccccn3)NC(=S)N2C[C@@H]2CCCO2)c(C)n1-c1ccccc1Br. The fourth-order valence-corrected chi connectivity index (χ4v) is 5.82. The lowest BCUT2D eigenvalue weighted by molar-refractivity contribution is 0.0842. The van der Waals surface area contributed by atoms with Crippen LogP contribution < -0.4 is 5.32 Å². The Balaban J connectivity index is 1.60. The van der Waals surface area contributed by atoms with Crippen LogP contribution in [0.15, 0.2) is 59.2 Å². The van der Waals surface area contributed by atoms with Gasteiger partial charge in [0.15, 0.2) is 5.11 Å². The van der Waals surface area contributed by atoms with Crippen LogP contribution in [0, 0.1) is 13.8 Å². The molecule has 0 saturated carbocycles. The number of aromatic nitrogens is 2. The number of pyridine rings is 1. The topological polar surface area (TPSA) is 42.3 Å². The third kappa shape index (κ3) is 3.87. The van der Waals surface area contributed by atoms with Crippen LogP contribution in [0.25, 0.3) is 5.69 Å². The van der Waals surface area contributed by atoms with Gasteiger partial charge in [0.2, 0.25) is 0 Å². The number of thiocarbonyl (C=S) groups is 1. The predicted molar refractivity (Wildman–Crippen MR) is 134 cm³/mol. The predicted octanol–water partition coefficient (Wildman–Crippen LogP) is 5.40. The monoisotopic (exact) mass is 510 g/mol. The molecule has 2 saturated heterocycles. The first-order chi connectivity index (χ1) is 15.5. The summed E-state index contributed by atoms with van der Waals surface area (Å²) < 4.78 is 9.37. The quantitative estimate of drug-likeness (QED) is 0.465. The van der Waals surface area contributed by atoms with Crippen molar-refractivity contribution in [2.24, 2.45) is 0 Å². The summed E-state index contributed by atoms with van der Waals surface area (Å²) in [4.78, 5) is 6.99. The molecule has 2 aliphatic heterocycles. The molecule has 0 spiro atoms. The van der Waals surface area contributed by atoms with Gasteiger partial charge in [-0.3, -0.25) is 4.98 Å². The van der Waals surface area contributed by atoms with E-state index in [1.54, 1.807) is 0 Å². The summed E-state index contributed by atoms with van der Waals surface area (Å²) in [6.07, 6.45) is 4.26. The third-order valence-electron chi connectivity index (χ3n) is 6.50. The van der Waals surface area contributed by atoms with Crippen molar-refractivity contribution >= 4 is 33.3 Å². The first-order valence-electron chi connectivity index (χ1n) is 11.1. The second kappa shape index (κ2) is 8.96. The van der Waals surface area contributed by atoms with Crippen LogP contribution in [-0.4, -0.2) is 38.8 Å². The van der Waals surface area contributed by atoms with Gasteiger partial charge < -0.3 is 19.5 Å². The maximum atomic E-state index is 5.98. The first-order valence-corrected chi connectivity index (χ1v) is 12.3. The number of hydrogen-bond donors (Lipinski definition) is 1. The van der Waals surface area contributed by atoms with Crippen molar-refractivity contribution in [2.75, 3.05) is 13.2 Å². The summed E-state index contributed by atoms with van der Waals surface area (Å²) in [6.45, 7) is 5.99. The molecule has 0 amide bonds. The second-order valence-corrected chi connectivity index (χ2v) is 9.77. The zero-order valence-electron chi connectivity index (χ0n) is 18.3. The van der Waals surface area contributed by atoms with Crippen molar-refractivity contribution in [2.45, 2.75) is 44.9 Å². The van der Waals surface area contributed by atoms with Crippen LogP contribution in [0.4, 0.5) is 0 Å². The Morgan fingerprint density at radius 1 is 1.19 bits per heavy atom. The van der Waals surface area contributed by atoms with E-state index in [2.05, 4.69) is 79.9 Å². The van der Waals surface area contributed by atoms with E-state index in [0.717, 1.165) is 47.0 Å². The lowest BCUT2D eigenvalue weighted by atomic mass is 9.96. The van der Waals surface area contributed by atoms with Gasteiger partial charge in [0.1, 0.15) is 0 Å². The molecular weight excluding hydrogens is 484 g/mol. The van der Waals surface area contributed by atoms with Crippen LogP contribution >= 0.6 is 28.1 Å². The molecule has 3 aromatic rings. The van der Waals surface area contributed by atoms with E-state index < -0.39 is 0 Å². The molecule has 0 unspecified atom stereocenters. The van der Waals surface area contributed by atoms with E-state index in [0.29, 0.717) is 0 Å². The number of nitrogens with one attached hydrogen (secondary N) is 1. The fourth-order valence-electron chi connectivity index (χ4n) is 5.04. The van der Waals surface area contributed by atoms with E-state index in [-0.39, 0.29) is 18.2 Å². The molecular formula is C25H27BrN4OS. The normalized spacial score (nSPS) is 23.0. The number of aryl methyl sites for hydroxylation is 1. The van der Waals surface area contributed by atoms with Crippen molar-refractivity contribution in [1.29, 1.82) is 0 Å². The Kier molecular flexibility index (Phi) is 6.05. The Bertz CT molecular complexity index is 1130. The van der Waals surface area contributed by atoms with Crippen LogP contribution in [0.2, 0.25) is 0 Å². The van der Waals surface area contributed by atoms with Crippen molar-refractivity contribution in [3.05, 3.63) is 81.8 Å². The lowest BCUT2D eigenvalue weighted by Gasteiger charge is -2.30. The van der Waals surface area contributed by atoms with E-state index in [1.165, 1.54) is 17.0 Å². The van der Waals surface area contributed by atoms with Gasteiger partial charge in [-0.2, -0.15) is 0 Å². The largest absolute Gasteiger partial charge is 0.376 e. The molecule has 5 rings (SSSR count). The van der Waals surface area contributed by atoms with Crippen LogP contribution in [0.3, 0.4) is 0 Å². The van der Waals surface area contributed by atoms with Crippen molar-refractivity contribution in [3.63, 3.8) is 0 Å². The Labute approximate surface area is 202 Å². The zero-order chi connectivity index (χ0) is 22.2. The molecule has 1 aromatic carbocycles. The average Bonchev–Trinajstić information content (AvgIpc) is 3.49. The maximum absolute atomic E-state index is 5.98. The zero-order valence-corrected chi connectivity index (χ0v) is 20.7. The maximum Gasteiger partial charge on any atom is 0.170 e. The second-order valence-electron chi connectivity index (χ2n) is 8.53. The molecule has 0 bridgehead atoms. The average molecular weight is 511 g/mol. The summed E-state index contributed by atoms with van der Waals surface area (Å²) in [5.74, 6) is 0. The molecule has 32 heavy (non-hydrogen) atoms. The molecule has 166 valence electrons. The van der Waals surface area contributed by atoms with Crippen LogP contribution in [-0.2, 0) is 4.74 Å². The summed E-state index contributed by atoms with van der Waals surface area (Å²) >= 11 is 9.58. The molecule has 2 fully saturated rings. The minimum atomic E-state index is -0.0155. The van der Waals surface area contributed by atoms with Gasteiger partial charge in [-0.05, 0) is 90.7 Å². The van der Waals surface area contributed by atoms with E-state index in [4.69, 9.17) is 17.0 Å². The lowest BCUT2D eigenvalue weighted by Crippen LogP contribution is -2.36. The highest BCUT2D eigenvalue weighted by Gasteiger charge is 2.42. The minimum absolute atomic E-state index is 0.0155. The molecule has 5 nitrogen and oxygen atoms in total. The summed E-state index contributed by atoms with van der Waals surface area (Å²) in [6, 6.07) is 16.7. The highest BCUT2D eigenvalue weighted by molar-refractivity contribution is 9.10. The van der Waals surface area contributed by atoms with Crippen molar-refractivity contribution in [1.82, 2.24) is 19.8 Å². The van der Waals surface area contributed by atoms with E-state index in [9.17, 15) is 0 Å². The standard InChI is InChI=1S/C25H27BrN4OS/c1-16-14-19(17(2)30(16)22-11-4-3-9-20(22)26)24-23(21-10-5-6-12-27-21)28-25(32)29(24)15-18-8-7-13-31-18/h3-6,9-12,14,18,23-24H,7-8,13,15H2,1-2H3,(H,28,32)/t18-,23-,24-/m0/s1. The number of halogens is 1. The van der Waals surface area contributed by atoms with Gasteiger partial charge >= 0.3 is 0 Å². The van der Waals surface area contributed by atoms with Gasteiger partial charge in [-0.1, -0.05) is 18.2 Å². The van der Waals surface area contributed by atoms with Crippen LogP contribution in [0.5, 0.6) is 0 Å². The molecule has 0 radical (unpaired) electrons. The van der Waals surface area contributed by atoms with Gasteiger partial charge in [-0.25, -0.2) is 0 Å². The van der Waals surface area contributed by atoms with Gasteiger partial charge in [0.05, 0.1) is 29.6 Å². The number of nitrogens with zero attached hydrogens (tertiary/aromatic N) is 3. The highest BCUT2D eigenvalue weighted by Crippen LogP contribution is 2.42. The fraction of sp³-hybridized carbons (Fsp3) is 0.360. The number of benzene rings is 1. The molecule has 1 N–H and O–H groups in total. The van der Waals surface area contributed by atoms with Gasteiger partial charge in [0, 0.05) is 35.2 Å². The van der Waals surface area contributed by atoms with E-state index in [1.807, 2.05) is 24.4 Å². The Morgan fingerprint density at radius 2 is 2.00 bits per heavy atom. The minimum Gasteiger partial charge on any atom is -0.376 e. The molecule has 0 aliphatic carbocycles. The van der Waals surface area contributed by atoms with Crippen molar-refractivity contribution in [3.8, 4) is 5.69 Å². The van der Waals surface area contributed by atoms with Gasteiger partial charge in [0.25, 0.3) is 0 Å². The molecule has 2 aromatic heterocycles. The van der Waals surface area contributed by atoms with E-state index >= 15 is 0 Å². The van der Waals surface area contributed by atoms with Crippen molar-refractivity contribution < 1.29 is 4.74 Å². The van der Waals surface area contributed by atoms with Gasteiger partial charge in [-0.15, -0.1) is 0 Å². The summed E-state index contributed by atoms with van der Waals surface area (Å²) in [7, 11) is 0. The molecule has 7 heteroatoms. The number of rotatable bonds is 5. The Hall–Kier alpha value is -2.22. The Morgan fingerprint density at radius 3 is 2.72 bits per heavy atom. The number of para-hydroxylation sites is 1. The highest BCUT2D eigenvalue weighted by atomic mass is 79.9. The molecule has 3 atom stereocenters. The molecule has 4 heterocycles. The number of hydrogen-bond acceptors (Lipinski definition) is 3. The smallest absolute Gasteiger partial charge is 0.170 e. The summed E-state index contributed by atoms with van der Waals surface area (Å²) in [5, 5.41) is 4.34. The third-order valence-corrected chi connectivity index (χ3v) is 7.53. The summed E-state index contributed by atoms with van der Waals surface area (Å²) in [5.41, 5.74) is 5.81. The number of ether oxygens (including phenoxy) is 1. The first kappa shape index (κ1) is 21.6.